The Labute approximate surface area is 138 Å². The smallest absolute Gasteiger partial charge is 0.313 e. The standard InChI is InChI=1S/C17H18N2O3S/c20-14-6-2-8-19(11-14)17(22)16(21)18-13-5-1-4-12(10-13)15-7-3-9-23-15/h1,3-5,7,9-10,14,20H,2,6,8,11H2,(H,18,21). The lowest BCUT2D eigenvalue weighted by Crippen LogP contribution is -2.46. The van der Waals surface area contributed by atoms with Gasteiger partial charge in [-0.05, 0) is 42.0 Å². The molecule has 2 aromatic rings. The van der Waals surface area contributed by atoms with Gasteiger partial charge in [-0.2, -0.15) is 0 Å². The number of likely N-dealkylation sites (tertiary alicyclic amines) is 1. The number of hydrogen-bond donors (Lipinski definition) is 2. The van der Waals surface area contributed by atoms with Crippen molar-refractivity contribution in [3.8, 4) is 10.4 Å². The Morgan fingerprint density at radius 1 is 1.26 bits per heavy atom. The van der Waals surface area contributed by atoms with Gasteiger partial charge in [0.1, 0.15) is 0 Å². The zero-order valence-electron chi connectivity index (χ0n) is 12.6. The Bertz CT molecular complexity index is 700. The molecule has 0 aliphatic carbocycles. The molecule has 1 unspecified atom stereocenters. The van der Waals surface area contributed by atoms with Crippen molar-refractivity contribution in [1.29, 1.82) is 0 Å². The number of piperidine rings is 1. The zero-order chi connectivity index (χ0) is 16.2. The molecule has 1 atom stereocenters. The molecule has 2 amide bonds. The van der Waals surface area contributed by atoms with Gasteiger partial charge < -0.3 is 15.3 Å². The summed E-state index contributed by atoms with van der Waals surface area (Å²) >= 11 is 1.62. The minimum absolute atomic E-state index is 0.224. The highest BCUT2D eigenvalue weighted by Gasteiger charge is 2.26. The van der Waals surface area contributed by atoms with Gasteiger partial charge >= 0.3 is 11.8 Å². The summed E-state index contributed by atoms with van der Waals surface area (Å²) < 4.78 is 0. The number of benzene rings is 1. The molecule has 1 aromatic heterocycles. The highest BCUT2D eigenvalue weighted by molar-refractivity contribution is 7.13. The predicted octanol–water partition coefficient (Wildman–Crippen LogP) is 2.34. The van der Waals surface area contributed by atoms with Gasteiger partial charge in [-0.3, -0.25) is 9.59 Å². The molecule has 3 rings (SSSR count). The van der Waals surface area contributed by atoms with Crippen LogP contribution in [-0.4, -0.2) is 41.0 Å². The van der Waals surface area contributed by atoms with E-state index in [0.717, 1.165) is 10.4 Å². The Balaban J connectivity index is 1.68. The fourth-order valence-electron chi connectivity index (χ4n) is 2.66. The summed E-state index contributed by atoms with van der Waals surface area (Å²) in [6.07, 6.45) is 0.852. The number of anilines is 1. The molecule has 120 valence electrons. The molecule has 0 bridgehead atoms. The van der Waals surface area contributed by atoms with E-state index in [-0.39, 0.29) is 6.54 Å². The zero-order valence-corrected chi connectivity index (χ0v) is 13.4. The number of thiophene rings is 1. The Hall–Kier alpha value is -2.18. The van der Waals surface area contributed by atoms with Crippen LogP contribution in [0.15, 0.2) is 41.8 Å². The molecule has 2 N–H and O–H groups in total. The maximum absolute atomic E-state index is 12.2. The van der Waals surface area contributed by atoms with Crippen LogP contribution in [-0.2, 0) is 9.59 Å². The average molecular weight is 330 g/mol. The number of β-amino-alcohol motifs (C(OH)–C–C–N with tert-alkyl or cyclic N) is 1. The molecule has 23 heavy (non-hydrogen) atoms. The van der Waals surface area contributed by atoms with Crippen molar-refractivity contribution in [3.05, 3.63) is 41.8 Å². The third-order valence-corrected chi connectivity index (χ3v) is 4.72. The second kappa shape index (κ2) is 6.93. The molecule has 5 nitrogen and oxygen atoms in total. The molecule has 0 radical (unpaired) electrons. The molecule has 6 heteroatoms. The van der Waals surface area contributed by atoms with E-state index in [1.807, 2.05) is 35.7 Å². The minimum atomic E-state index is -0.664. The van der Waals surface area contributed by atoms with Gasteiger partial charge in [0.05, 0.1) is 6.10 Å². The summed E-state index contributed by atoms with van der Waals surface area (Å²) in [5.41, 5.74) is 1.59. The van der Waals surface area contributed by atoms with Crippen LogP contribution in [0.5, 0.6) is 0 Å². The van der Waals surface area contributed by atoms with Crippen LogP contribution in [0.4, 0.5) is 5.69 Å². The number of rotatable bonds is 2. The first-order valence-corrected chi connectivity index (χ1v) is 8.44. The first kappa shape index (κ1) is 15.7. The topological polar surface area (TPSA) is 69.6 Å². The monoisotopic (exact) mass is 330 g/mol. The van der Waals surface area contributed by atoms with E-state index < -0.39 is 17.9 Å². The van der Waals surface area contributed by atoms with E-state index in [2.05, 4.69) is 5.32 Å². The van der Waals surface area contributed by atoms with E-state index in [1.54, 1.807) is 17.4 Å². The van der Waals surface area contributed by atoms with Crippen LogP contribution in [0.2, 0.25) is 0 Å². The summed E-state index contributed by atoms with van der Waals surface area (Å²) in [6.45, 7) is 0.736. The van der Waals surface area contributed by atoms with Gasteiger partial charge in [-0.15, -0.1) is 11.3 Å². The van der Waals surface area contributed by atoms with Gasteiger partial charge in [-0.1, -0.05) is 18.2 Å². The van der Waals surface area contributed by atoms with Gasteiger partial charge in [0.15, 0.2) is 0 Å². The van der Waals surface area contributed by atoms with Gasteiger partial charge in [0.25, 0.3) is 0 Å². The van der Waals surface area contributed by atoms with Gasteiger partial charge in [0.2, 0.25) is 0 Å². The third-order valence-electron chi connectivity index (χ3n) is 3.80. The molecule has 1 saturated heterocycles. The number of nitrogens with one attached hydrogen (secondary N) is 1. The summed E-state index contributed by atoms with van der Waals surface area (Å²) in [6, 6.07) is 11.4. The summed E-state index contributed by atoms with van der Waals surface area (Å²) in [4.78, 5) is 26.8. The maximum atomic E-state index is 12.2. The van der Waals surface area contributed by atoms with Crippen LogP contribution in [0.1, 0.15) is 12.8 Å². The quantitative estimate of drug-likeness (QED) is 0.831. The van der Waals surface area contributed by atoms with E-state index >= 15 is 0 Å². The molecule has 2 heterocycles. The number of carbonyl (C=O) groups excluding carboxylic acids is 2. The normalized spacial score (nSPS) is 17.8. The highest BCUT2D eigenvalue weighted by Crippen LogP contribution is 2.26. The number of aliphatic hydroxyl groups is 1. The molecule has 0 saturated carbocycles. The molecule has 0 spiro atoms. The van der Waals surface area contributed by atoms with Crippen molar-refractivity contribution in [2.24, 2.45) is 0 Å². The molecule has 1 aliphatic rings. The second-order valence-corrected chi connectivity index (χ2v) is 6.51. The summed E-state index contributed by atoms with van der Waals surface area (Å²) in [7, 11) is 0. The van der Waals surface area contributed by atoms with Crippen LogP contribution >= 0.6 is 11.3 Å². The van der Waals surface area contributed by atoms with E-state index in [4.69, 9.17) is 0 Å². The lowest BCUT2D eigenvalue weighted by atomic mass is 10.1. The first-order chi connectivity index (χ1) is 11.1. The lowest BCUT2D eigenvalue weighted by Gasteiger charge is -2.29. The van der Waals surface area contributed by atoms with Gasteiger partial charge in [0, 0.05) is 23.7 Å². The number of carbonyl (C=O) groups is 2. The van der Waals surface area contributed by atoms with Crippen molar-refractivity contribution in [1.82, 2.24) is 4.90 Å². The first-order valence-electron chi connectivity index (χ1n) is 7.56. The van der Waals surface area contributed by atoms with Crippen molar-refractivity contribution in [2.75, 3.05) is 18.4 Å². The maximum Gasteiger partial charge on any atom is 0.313 e. The van der Waals surface area contributed by atoms with Crippen LogP contribution in [0, 0.1) is 0 Å². The van der Waals surface area contributed by atoms with Crippen molar-refractivity contribution >= 4 is 28.8 Å². The molecule has 1 fully saturated rings. The number of nitrogens with zero attached hydrogens (tertiary/aromatic N) is 1. The SMILES string of the molecule is O=C(Nc1cccc(-c2cccs2)c1)C(=O)N1CCCC(O)C1. The van der Waals surface area contributed by atoms with E-state index in [1.165, 1.54) is 4.90 Å². The second-order valence-electron chi connectivity index (χ2n) is 5.56. The Kier molecular flexibility index (Phi) is 4.73. The fourth-order valence-corrected chi connectivity index (χ4v) is 3.38. The third kappa shape index (κ3) is 3.78. The predicted molar refractivity (Wildman–Crippen MR) is 90.2 cm³/mol. The van der Waals surface area contributed by atoms with Crippen LogP contribution in [0.3, 0.4) is 0 Å². The summed E-state index contributed by atoms with van der Waals surface area (Å²) in [5, 5.41) is 14.3. The van der Waals surface area contributed by atoms with Crippen molar-refractivity contribution in [3.63, 3.8) is 0 Å². The lowest BCUT2D eigenvalue weighted by molar-refractivity contribution is -0.145. The van der Waals surface area contributed by atoms with Crippen LogP contribution < -0.4 is 5.32 Å². The molecule has 1 aliphatic heterocycles. The number of aliphatic hydroxyl groups excluding tert-OH is 1. The van der Waals surface area contributed by atoms with Crippen molar-refractivity contribution < 1.29 is 14.7 Å². The van der Waals surface area contributed by atoms with Crippen LogP contribution in [0.25, 0.3) is 10.4 Å². The minimum Gasteiger partial charge on any atom is -0.391 e. The van der Waals surface area contributed by atoms with E-state index in [9.17, 15) is 14.7 Å². The summed E-state index contributed by atoms with van der Waals surface area (Å²) in [5.74, 6) is -1.26. The Morgan fingerprint density at radius 2 is 2.13 bits per heavy atom. The Morgan fingerprint density at radius 3 is 2.87 bits per heavy atom. The fraction of sp³-hybridized carbons (Fsp3) is 0.294. The largest absolute Gasteiger partial charge is 0.391 e. The molecular formula is C17H18N2O3S. The van der Waals surface area contributed by atoms with Gasteiger partial charge in [-0.25, -0.2) is 0 Å². The highest BCUT2D eigenvalue weighted by atomic mass is 32.1. The molecular weight excluding hydrogens is 312 g/mol. The number of hydrogen-bond acceptors (Lipinski definition) is 4. The van der Waals surface area contributed by atoms with Crippen molar-refractivity contribution in [2.45, 2.75) is 18.9 Å². The molecule has 1 aromatic carbocycles. The average Bonchev–Trinajstić information content (AvgIpc) is 3.09. The van der Waals surface area contributed by atoms with E-state index in [0.29, 0.717) is 25.1 Å². The number of amides is 2.